The Morgan fingerprint density at radius 1 is 1.56 bits per heavy atom. The summed E-state index contributed by atoms with van der Waals surface area (Å²) in [5, 5.41) is 0. The fourth-order valence-corrected chi connectivity index (χ4v) is 0.378. The molecule has 0 amide bonds. The van der Waals surface area contributed by atoms with Gasteiger partial charge in [-0.05, 0) is 6.42 Å². The molecule has 0 saturated heterocycles. The number of hydrogen-bond acceptors (Lipinski definition) is 3. The number of hydrazine groups is 1. The van der Waals surface area contributed by atoms with E-state index in [9.17, 15) is 4.79 Å². The zero-order chi connectivity index (χ0) is 6.95. The van der Waals surface area contributed by atoms with Gasteiger partial charge < -0.3 is 0 Å². The lowest BCUT2D eigenvalue weighted by molar-refractivity contribution is 0.554. The molecule has 0 aliphatic rings. The number of nitrogens with one attached hydrogen (secondary N) is 2. The van der Waals surface area contributed by atoms with Crippen LogP contribution in [-0.4, -0.2) is 19.0 Å². The number of rotatable bonds is 5. The Morgan fingerprint density at radius 2 is 2.33 bits per heavy atom. The predicted octanol–water partition coefficient (Wildman–Crippen LogP) is -0.122. The maximum absolute atomic E-state index is 9.59. The van der Waals surface area contributed by atoms with Gasteiger partial charge in [0, 0.05) is 19.2 Å². The van der Waals surface area contributed by atoms with Crippen molar-refractivity contribution in [2.24, 2.45) is 0 Å². The van der Waals surface area contributed by atoms with Gasteiger partial charge in [-0.15, -0.1) is 0 Å². The van der Waals surface area contributed by atoms with Crippen molar-refractivity contribution in [3.8, 4) is 0 Å². The molecule has 0 saturated carbocycles. The maximum atomic E-state index is 9.59. The van der Waals surface area contributed by atoms with Crippen molar-refractivity contribution < 1.29 is 4.79 Å². The first kappa shape index (κ1) is 8.37. The molecule has 0 bridgehead atoms. The molecular weight excluding hydrogens is 116 g/mol. The van der Waals surface area contributed by atoms with Gasteiger partial charge in [0.25, 0.3) is 0 Å². The average Bonchev–Trinajstić information content (AvgIpc) is 1.89. The van der Waals surface area contributed by atoms with E-state index in [-0.39, 0.29) is 0 Å². The zero-order valence-electron chi connectivity index (χ0n) is 5.61. The molecular formula is C6H12N2O. The van der Waals surface area contributed by atoms with Gasteiger partial charge >= 0.3 is 0 Å². The molecule has 0 atom stereocenters. The fraction of sp³-hybridized carbons (Fsp3) is 0.667. The Kier molecular flexibility index (Phi) is 6.85. The highest BCUT2D eigenvalue weighted by Crippen LogP contribution is 1.64. The molecule has 0 radical (unpaired) electrons. The van der Waals surface area contributed by atoms with Crippen LogP contribution in [0.5, 0.6) is 0 Å². The van der Waals surface area contributed by atoms with Gasteiger partial charge in [0.2, 0.25) is 0 Å². The van der Waals surface area contributed by atoms with E-state index in [2.05, 4.69) is 17.8 Å². The first-order valence-electron chi connectivity index (χ1n) is 3.07. The van der Waals surface area contributed by atoms with Crippen LogP contribution in [0.15, 0.2) is 6.08 Å². The first-order valence-corrected chi connectivity index (χ1v) is 3.07. The quantitative estimate of drug-likeness (QED) is 0.308. The summed E-state index contributed by atoms with van der Waals surface area (Å²) in [4.78, 5) is 9.59. The second kappa shape index (κ2) is 7.37. The zero-order valence-corrected chi connectivity index (χ0v) is 5.61. The van der Waals surface area contributed by atoms with E-state index in [1.807, 2.05) is 0 Å². The molecule has 0 heterocycles. The minimum Gasteiger partial charge on any atom is -0.258 e. The lowest BCUT2D eigenvalue weighted by Gasteiger charge is -1.99. The summed E-state index contributed by atoms with van der Waals surface area (Å²) in [5.74, 6) is 1.67. The van der Waals surface area contributed by atoms with Gasteiger partial charge in [0.1, 0.15) is 5.94 Å². The minimum absolute atomic E-state index is 0.545. The van der Waals surface area contributed by atoms with Crippen molar-refractivity contribution in [3.63, 3.8) is 0 Å². The summed E-state index contributed by atoms with van der Waals surface area (Å²) < 4.78 is 0. The van der Waals surface area contributed by atoms with Gasteiger partial charge in [-0.1, -0.05) is 6.92 Å². The Labute approximate surface area is 55.1 Å². The Bertz CT molecular complexity index is 97.2. The second-order valence-corrected chi connectivity index (χ2v) is 1.63. The van der Waals surface area contributed by atoms with Crippen molar-refractivity contribution in [2.75, 3.05) is 13.1 Å². The SMILES string of the molecule is CCCNNCC=C=O. The molecule has 0 fully saturated rings. The van der Waals surface area contributed by atoms with Crippen molar-refractivity contribution in [3.05, 3.63) is 6.08 Å². The molecule has 52 valence electrons. The predicted molar refractivity (Wildman–Crippen MR) is 36.6 cm³/mol. The third kappa shape index (κ3) is 7.37. The van der Waals surface area contributed by atoms with Crippen molar-refractivity contribution in [1.82, 2.24) is 10.9 Å². The Morgan fingerprint density at radius 3 is 2.89 bits per heavy atom. The molecule has 0 aliphatic carbocycles. The van der Waals surface area contributed by atoms with E-state index in [0.717, 1.165) is 13.0 Å². The summed E-state index contributed by atoms with van der Waals surface area (Å²) in [5.41, 5.74) is 5.73. The second-order valence-electron chi connectivity index (χ2n) is 1.63. The van der Waals surface area contributed by atoms with Crippen LogP contribution in [0.4, 0.5) is 0 Å². The van der Waals surface area contributed by atoms with Crippen LogP contribution < -0.4 is 10.9 Å². The summed E-state index contributed by atoms with van der Waals surface area (Å²) in [6, 6.07) is 0. The van der Waals surface area contributed by atoms with Crippen LogP contribution >= 0.6 is 0 Å². The normalized spacial score (nSPS) is 8.56. The molecule has 0 aromatic rings. The number of hydrogen-bond donors (Lipinski definition) is 2. The fourth-order valence-electron chi connectivity index (χ4n) is 0.378. The first-order chi connectivity index (χ1) is 4.41. The molecule has 0 rings (SSSR count). The summed E-state index contributed by atoms with van der Waals surface area (Å²) in [6.45, 7) is 3.54. The van der Waals surface area contributed by atoms with Crippen LogP contribution in [0.1, 0.15) is 13.3 Å². The van der Waals surface area contributed by atoms with Crippen molar-refractivity contribution >= 4 is 5.94 Å². The Hall–Kier alpha value is -0.630. The topological polar surface area (TPSA) is 41.1 Å². The maximum Gasteiger partial charge on any atom is 0.121 e. The van der Waals surface area contributed by atoms with Crippen LogP contribution in [0.25, 0.3) is 0 Å². The van der Waals surface area contributed by atoms with Gasteiger partial charge in [-0.3, -0.25) is 10.9 Å². The monoisotopic (exact) mass is 128 g/mol. The highest BCUT2D eigenvalue weighted by molar-refractivity contribution is 5.44. The summed E-state index contributed by atoms with van der Waals surface area (Å²) in [7, 11) is 0. The standard InChI is InChI=1S/C6H12N2O/c1-2-4-7-8-5-3-6-9/h3,7-8H,2,4-5H2,1H3. The van der Waals surface area contributed by atoms with Crippen LogP contribution in [0, 0.1) is 0 Å². The summed E-state index contributed by atoms with van der Waals surface area (Å²) in [6.07, 6.45) is 2.47. The molecule has 0 aromatic heterocycles. The van der Waals surface area contributed by atoms with Gasteiger partial charge in [0.05, 0.1) is 0 Å². The van der Waals surface area contributed by atoms with E-state index < -0.39 is 0 Å². The van der Waals surface area contributed by atoms with Gasteiger partial charge in [-0.25, -0.2) is 4.79 Å². The molecule has 3 nitrogen and oxygen atoms in total. The lowest BCUT2D eigenvalue weighted by Crippen LogP contribution is -2.32. The minimum atomic E-state index is 0.545. The van der Waals surface area contributed by atoms with Gasteiger partial charge in [0.15, 0.2) is 0 Å². The molecule has 3 heteroatoms. The molecule has 0 unspecified atom stereocenters. The molecule has 0 spiro atoms. The highest BCUT2D eigenvalue weighted by atomic mass is 16.1. The highest BCUT2D eigenvalue weighted by Gasteiger charge is 1.77. The smallest absolute Gasteiger partial charge is 0.121 e. The average molecular weight is 128 g/mol. The van der Waals surface area contributed by atoms with Gasteiger partial charge in [-0.2, -0.15) is 0 Å². The van der Waals surface area contributed by atoms with E-state index in [1.165, 1.54) is 6.08 Å². The summed E-state index contributed by atoms with van der Waals surface area (Å²) >= 11 is 0. The molecule has 0 aliphatic heterocycles. The lowest BCUT2D eigenvalue weighted by atomic mass is 10.5. The third-order valence-electron chi connectivity index (χ3n) is 0.787. The van der Waals surface area contributed by atoms with Crippen LogP contribution in [0.3, 0.4) is 0 Å². The van der Waals surface area contributed by atoms with Crippen molar-refractivity contribution in [1.29, 1.82) is 0 Å². The third-order valence-corrected chi connectivity index (χ3v) is 0.787. The van der Waals surface area contributed by atoms with Crippen LogP contribution in [-0.2, 0) is 4.79 Å². The number of carbonyl (C=O) groups excluding carboxylic acids is 1. The van der Waals surface area contributed by atoms with E-state index >= 15 is 0 Å². The van der Waals surface area contributed by atoms with Crippen molar-refractivity contribution in [2.45, 2.75) is 13.3 Å². The molecule has 9 heavy (non-hydrogen) atoms. The van der Waals surface area contributed by atoms with E-state index in [1.54, 1.807) is 5.94 Å². The Balaban J connectivity index is 2.82. The van der Waals surface area contributed by atoms with Crippen LogP contribution in [0.2, 0.25) is 0 Å². The molecule has 2 N–H and O–H groups in total. The largest absolute Gasteiger partial charge is 0.258 e. The van der Waals surface area contributed by atoms with E-state index in [4.69, 9.17) is 0 Å². The van der Waals surface area contributed by atoms with E-state index in [0.29, 0.717) is 6.54 Å². The molecule has 0 aromatic carbocycles.